The van der Waals surface area contributed by atoms with E-state index in [1.807, 2.05) is 18.3 Å². The van der Waals surface area contributed by atoms with Crippen molar-refractivity contribution >= 4 is 11.5 Å². The number of carbonyl (C=O) groups is 1. The quantitative estimate of drug-likeness (QED) is 0.707. The van der Waals surface area contributed by atoms with Crippen LogP contribution in [0.15, 0.2) is 18.3 Å². The highest BCUT2D eigenvalue weighted by atomic mass is 16.1. The van der Waals surface area contributed by atoms with Gasteiger partial charge in [-0.25, -0.2) is 0 Å². The molecule has 2 rings (SSSR count). The molecule has 0 bridgehead atoms. The van der Waals surface area contributed by atoms with Crippen LogP contribution in [-0.2, 0) is 0 Å². The summed E-state index contributed by atoms with van der Waals surface area (Å²) in [4.78, 5) is 17.8. The Kier molecular flexibility index (Phi) is 3.77. The third kappa shape index (κ3) is 3.05. The van der Waals surface area contributed by atoms with Crippen molar-refractivity contribution < 1.29 is 4.79 Å². The van der Waals surface area contributed by atoms with Gasteiger partial charge in [-0.15, -0.1) is 0 Å². The normalized spacial score (nSPS) is 14.7. The minimum absolute atomic E-state index is 0.0306. The van der Waals surface area contributed by atoms with Crippen LogP contribution in [0.25, 0.3) is 0 Å². The van der Waals surface area contributed by atoms with Gasteiger partial charge in [0.25, 0.3) is 0 Å². The standard InChI is InChI=1S/C14H20N2O/c1-3-4-9-16(12-5-6-12)13-7-8-14(11(2)17)15-10-13/h7-8,10,12H,3-6,9H2,1-2H3. The topological polar surface area (TPSA) is 33.2 Å². The molecule has 1 saturated carbocycles. The fourth-order valence-corrected chi connectivity index (χ4v) is 2.00. The Morgan fingerprint density at radius 2 is 2.24 bits per heavy atom. The van der Waals surface area contributed by atoms with Crippen molar-refractivity contribution in [3.05, 3.63) is 24.0 Å². The molecule has 0 spiro atoms. The number of ketones is 1. The Hall–Kier alpha value is -1.38. The van der Waals surface area contributed by atoms with Gasteiger partial charge in [0.2, 0.25) is 0 Å². The molecule has 3 heteroatoms. The summed E-state index contributed by atoms with van der Waals surface area (Å²) < 4.78 is 0. The first kappa shape index (κ1) is 12.1. The van der Waals surface area contributed by atoms with E-state index in [1.165, 1.54) is 25.7 Å². The number of unbranched alkanes of at least 4 members (excludes halogenated alkanes) is 1. The molecule has 0 saturated heterocycles. The number of anilines is 1. The molecule has 0 amide bonds. The Morgan fingerprint density at radius 3 is 2.71 bits per heavy atom. The van der Waals surface area contributed by atoms with Crippen molar-refractivity contribution in [2.24, 2.45) is 0 Å². The zero-order valence-corrected chi connectivity index (χ0v) is 10.6. The highest BCUT2D eigenvalue weighted by Crippen LogP contribution is 2.31. The summed E-state index contributed by atoms with van der Waals surface area (Å²) >= 11 is 0. The molecule has 1 heterocycles. The van der Waals surface area contributed by atoms with E-state index in [2.05, 4.69) is 16.8 Å². The number of pyridine rings is 1. The molecule has 1 aliphatic rings. The maximum absolute atomic E-state index is 11.2. The van der Waals surface area contributed by atoms with Crippen LogP contribution in [0.5, 0.6) is 0 Å². The van der Waals surface area contributed by atoms with E-state index in [1.54, 1.807) is 6.92 Å². The zero-order chi connectivity index (χ0) is 12.3. The van der Waals surface area contributed by atoms with Crippen LogP contribution in [0, 0.1) is 0 Å². The third-order valence-electron chi connectivity index (χ3n) is 3.18. The van der Waals surface area contributed by atoms with Gasteiger partial charge in [0.1, 0.15) is 5.69 Å². The van der Waals surface area contributed by atoms with Gasteiger partial charge >= 0.3 is 0 Å². The summed E-state index contributed by atoms with van der Waals surface area (Å²) in [7, 11) is 0. The molecular formula is C14H20N2O. The van der Waals surface area contributed by atoms with E-state index in [0.717, 1.165) is 12.2 Å². The molecular weight excluding hydrogens is 212 g/mol. The summed E-state index contributed by atoms with van der Waals surface area (Å²) in [6.07, 6.45) is 6.84. The number of Topliss-reactive ketones (excluding diaryl/α,β-unsaturated/α-hetero) is 1. The smallest absolute Gasteiger partial charge is 0.178 e. The lowest BCUT2D eigenvalue weighted by Crippen LogP contribution is -2.26. The number of rotatable bonds is 6. The molecule has 0 N–H and O–H groups in total. The number of hydrogen-bond acceptors (Lipinski definition) is 3. The zero-order valence-electron chi connectivity index (χ0n) is 10.6. The Bertz CT molecular complexity index is 382. The van der Waals surface area contributed by atoms with Crippen molar-refractivity contribution in [2.75, 3.05) is 11.4 Å². The van der Waals surface area contributed by atoms with Crippen molar-refractivity contribution in [1.82, 2.24) is 4.98 Å². The second-order valence-electron chi connectivity index (χ2n) is 4.74. The summed E-state index contributed by atoms with van der Waals surface area (Å²) in [6, 6.07) is 4.56. The van der Waals surface area contributed by atoms with Gasteiger partial charge in [0, 0.05) is 19.5 Å². The van der Waals surface area contributed by atoms with E-state index in [0.29, 0.717) is 11.7 Å². The fourth-order valence-electron chi connectivity index (χ4n) is 2.00. The average molecular weight is 232 g/mol. The predicted octanol–water partition coefficient (Wildman–Crippen LogP) is 3.05. The first-order chi connectivity index (χ1) is 8.22. The lowest BCUT2D eigenvalue weighted by Gasteiger charge is -2.24. The van der Waals surface area contributed by atoms with Crippen molar-refractivity contribution in [2.45, 2.75) is 45.6 Å². The van der Waals surface area contributed by atoms with Gasteiger partial charge in [-0.1, -0.05) is 13.3 Å². The second-order valence-corrected chi connectivity index (χ2v) is 4.74. The van der Waals surface area contributed by atoms with Crippen LogP contribution in [0.1, 0.15) is 50.0 Å². The summed E-state index contributed by atoms with van der Waals surface area (Å²) in [6.45, 7) is 4.86. The number of nitrogens with zero attached hydrogens (tertiary/aromatic N) is 2. The molecule has 0 unspecified atom stereocenters. The van der Waals surface area contributed by atoms with Crippen molar-refractivity contribution in [3.63, 3.8) is 0 Å². The summed E-state index contributed by atoms with van der Waals surface area (Å²) in [5, 5.41) is 0. The van der Waals surface area contributed by atoms with Gasteiger partial charge in [0.05, 0.1) is 11.9 Å². The monoisotopic (exact) mass is 232 g/mol. The van der Waals surface area contributed by atoms with Crippen molar-refractivity contribution in [3.8, 4) is 0 Å². The van der Waals surface area contributed by atoms with E-state index in [-0.39, 0.29) is 5.78 Å². The SMILES string of the molecule is CCCCN(c1ccc(C(C)=O)nc1)C1CC1. The lowest BCUT2D eigenvalue weighted by molar-refractivity contribution is 0.101. The predicted molar refractivity (Wildman–Crippen MR) is 69.5 cm³/mol. The second kappa shape index (κ2) is 5.30. The van der Waals surface area contributed by atoms with Crippen LogP contribution >= 0.6 is 0 Å². The van der Waals surface area contributed by atoms with Crippen LogP contribution in [-0.4, -0.2) is 23.4 Å². The molecule has 3 nitrogen and oxygen atoms in total. The summed E-state index contributed by atoms with van der Waals surface area (Å²) in [5.74, 6) is 0.0306. The first-order valence-corrected chi connectivity index (χ1v) is 6.46. The van der Waals surface area contributed by atoms with Gasteiger partial charge in [-0.05, 0) is 31.4 Å². The molecule has 92 valence electrons. The van der Waals surface area contributed by atoms with Crippen LogP contribution < -0.4 is 4.90 Å². The number of carbonyl (C=O) groups excluding carboxylic acids is 1. The van der Waals surface area contributed by atoms with Gasteiger partial charge in [0.15, 0.2) is 5.78 Å². The molecule has 0 aromatic carbocycles. The largest absolute Gasteiger partial charge is 0.367 e. The number of hydrogen-bond donors (Lipinski definition) is 0. The molecule has 0 aliphatic heterocycles. The van der Waals surface area contributed by atoms with Crippen LogP contribution in [0.3, 0.4) is 0 Å². The van der Waals surface area contributed by atoms with Gasteiger partial charge in [-0.2, -0.15) is 0 Å². The Morgan fingerprint density at radius 1 is 1.47 bits per heavy atom. The maximum Gasteiger partial charge on any atom is 0.178 e. The Balaban J connectivity index is 2.09. The minimum Gasteiger partial charge on any atom is -0.367 e. The molecule has 0 atom stereocenters. The van der Waals surface area contributed by atoms with E-state index < -0.39 is 0 Å². The Labute approximate surface area is 103 Å². The molecule has 17 heavy (non-hydrogen) atoms. The molecule has 1 aromatic heterocycles. The van der Waals surface area contributed by atoms with E-state index in [4.69, 9.17) is 0 Å². The lowest BCUT2D eigenvalue weighted by atomic mass is 10.2. The van der Waals surface area contributed by atoms with E-state index >= 15 is 0 Å². The molecule has 1 aromatic rings. The highest BCUT2D eigenvalue weighted by Gasteiger charge is 2.28. The molecule has 1 aliphatic carbocycles. The first-order valence-electron chi connectivity index (χ1n) is 6.46. The van der Waals surface area contributed by atoms with Gasteiger partial charge in [-0.3, -0.25) is 9.78 Å². The molecule has 1 fully saturated rings. The number of aromatic nitrogens is 1. The maximum atomic E-state index is 11.2. The minimum atomic E-state index is 0.0306. The fraction of sp³-hybridized carbons (Fsp3) is 0.571. The third-order valence-corrected chi connectivity index (χ3v) is 3.18. The van der Waals surface area contributed by atoms with Crippen molar-refractivity contribution in [1.29, 1.82) is 0 Å². The van der Waals surface area contributed by atoms with Crippen LogP contribution in [0.2, 0.25) is 0 Å². The average Bonchev–Trinajstić information content (AvgIpc) is 3.14. The van der Waals surface area contributed by atoms with E-state index in [9.17, 15) is 4.79 Å². The molecule has 0 radical (unpaired) electrons. The summed E-state index contributed by atoms with van der Waals surface area (Å²) in [5.41, 5.74) is 1.71. The van der Waals surface area contributed by atoms with Gasteiger partial charge < -0.3 is 4.90 Å². The highest BCUT2D eigenvalue weighted by molar-refractivity contribution is 5.92. The van der Waals surface area contributed by atoms with Crippen LogP contribution in [0.4, 0.5) is 5.69 Å².